The van der Waals surface area contributed by atoms with Gasteiger partial charge in [0.1, 0.15) is 0 Å². The largest absolute Gasteiger partial charge is 0.385 e. The molecule has 2 nitrogen and oxygen atoms in total. The van der Waals surface area contributed by atoms with Crippen LogP contribution in [0.25, 0.3) is 0 Å². The summed E-state index contributed by atoms with van der Waals surface area (Å²) in [5.74, 6) is 0.743. The van der Waals surface area contributed by atoms with Crippen LogP contribution in [0.5, 0.6) is 0 Å². The third-order valence-electron chi connectivity index (χ3n) is 2.08. The van der Waals surface area contributed by atoms with E-state index in [1.807, 2.05) is 0 Å². The molecule has 0 saturated carbocycles. The van der Waals surface area contributed by atoms with Gasteiger partial charge in [0.2, 0.25) is 0 Å². The predicted molar refractivity (Wildman–Crippen MR) is 58.5 cm³/mol. The van der Waals surface area contributed by atoms with Crippen LogP contribution in [0.15, 0.2) is 0 Å². The summed E-state index contributed by atoms with van der Waals surface area (Å²) < 4.78 is 4.96. The zero-order chi connectivity index (χ0) is 10.2. The van der Waals surface area contributed by atoms with Gasteiger partial charge in [-0.25, -0.2) is 0 Å². The lowest BCUT2D eigenvalue weighted by Gasteiger charge is -2.23. The molecule has 0 bridgehead atoms. The van der Waals surface area contributed by atoms with E-state index in [0.717, 1.165) is 38.4 Å². The Kier molecular flexibility index (Phi) is 7.72. The molecule has 3 heteroatoms. The molecule has 0 fully saturated rings. The Hall–Kier alpha value is 0.210. The van der Waals surface area contributed by atoms with Crippen LogP contribution in [-0.2, 0) is 4.74 Å². The maximum absolute atomic E-state index is 5.70. The molecular formula is C10H22ClNO. The van der Waals surface area contributed by atoms with Crippen molar-refractivity contribution >= 4 is 11.6 Å². The van der Waals surface area contributed by atoms with Gasteiger partial charge in [-0.2, -0.15) is 0 Å². The summed E-state index contributed by atoms with van der Waals surface area (Å²) in [6.07, 6.45) is 2.14. The monoisotopic (exact) mass is 207 g/mol. The van der Waals surface area contributed by atoms with Gasteiger partial charge in [-0.3, -0.25) is 0 Å². The van der Waals surface area contributed by atoms with E-state index in [9.17, 15) is 0 Å². The minimum atomic E-state index is 0.314. The molecule has 0 radical (unpaired) electrons. The fourth-order valence-electron chi connectivity index (χ4n) is 1.11. The molecule has 0 rings (SSSR count). The van der Waals surface area contributed by atoms with Gasteiger partial charge in [0.05, 0.1) is 0 Å². The standard InChI is InChI=1S/C10H22ClNO/c1-10(2,5-6-11)9-12-7-4-8-13-3/h12H,4-9H2,1-3H3. The molecule has 80 valence electrons. The summed E-state index contributed by atoms with van der Waals surface area (Å²) >= 11 is 5.70. The second-order valence-electron chi connectivity index (χ2n) is 4.13. The molecule has 0 aromatic carbocycles. The lowest BCUT2D eigenvalue weighted by Crippen LogP contribution is -2.30. The minimum Gasteiger partial charge on any atom is -0.385 e. The predicted octanol–water partition coefficient (Wildman–Crippen LogP) is 2.27. The van der Waals surface area contributed by atoms with Crippen molar-refractivity contribution in [2.75, 3.05) is 32.7 Å². The van der Waals surface area contributed by atoms with E-state index in [4.69, 9.17) is 16.3 Å². The maximum atomic E-state index is 5.70. The molecule has 0 spiro atoms. The number of rotatable bonds is 8. The zero-order valence-electron chi connectivity index (χ0n) is 9.03. The van der Waals surface area contributed by atoms with Crippen molar-refractivity contribution in [3.05, 3.63) is 0 Å². The number of methoxy groups -OCH3 is 1. The third kappa shape index (κ3) is 8.54. The van der Waals surface area contributed by atoms with Crippen molar-refractivity contribution in [1.82, 2.24) is 5.32 Å². The van der Waals surface area contributed by atoms with E-state index in [2.05, 4.69) is 19.2 Å². The van der Waals surface area contributed by atoms with E-state index in [1.54, 1.807) is 7.11 Å². The zero-order valence-corrected chi connectivity index (χ0v) is 9.78. The highest BCUT2D eigenvalue weighted by molar-refractivity contribution is 6.17. The molecule has 0 aliphatic carbocycles. The number of hydrogen-bond donors (Lipinski definition) is 1. The van der Waals surface area contributed by atoms with E-state index in [-0.39, 0.29) is 0 Å². The Labute approximate surface area is 87.0 Å². The number of alkyl halides is 1. The van der Waals surface area contributed by atoms with Gasteiger partial charge in [-0.05, 0) is 24.8 Å². The lowest BCUT2D eigenvalue weighted by molar-refractivity contribution is 0.192. The first-order valence-corrected chi connectivity index (χ1v) is 5.41. The van der Waals surface area contributed by atoms with E-state index in [1.165, 1.54) is 0 Å². The van der Waals surface area contributed by atoms with E-state index in [0.29, 0.717) is 5.41 Å². The third-order valence-corrected chi connectivity index (χ3v) is 2.27. The van der Waals surface area contributed by atoms with Gasteiger partial charge in [-0.15, -0.1) is 11.6 Å². The van der Waals surface area contributed by atoms with Gasteiger partial charge < -0.3 is 10.1 Å². The molecule has 0 amide bonds. The SMILES string of the molecule is COCCCNCC(C)(C)CCCl. The first-order chi connectivity index (χ1) is 6.12. The molecular weight excluding hydrogens is 186 g/mol. The quantitative estimate of drug-likeness (QED) is 0.487. The van der Waals surface area contributed by atoms with E-state index >= 15 is 0 Å². The summed E-state index contributed by atoms with van der Waals surface area (Å²) in [6, 6.07) is 0. The van der Waals surface area contributed by atoms with Gasteiger partial charge in [0, 0.05) is 26.1 Å². The normalized spacial score (nSPS) is 12.0. The molecule has 0 atom stereocenters. The molecule has 0 unspecified atom stereocenters. The molecule has 13 heavy (non-hydrogen) atoms. The average Bonchev–Trinajstić information content (AvgIpc) is 2.04. The van der Waals surface area contributed by atoms with Gasteiger partial charge >= 0.3 is 0 Å². The Bertz CT molecular complexity index is 117. The summed E-state index contributed by atoms with van der Waals surface area (Å²) in [6.45, 7) is 7.36. The van der Waals surface area contributed by atoms with Crippen molar-refractivity contribution in [2.24, 2.45) is 5.41 Å². The Morgan fingerprint density at radius 3 is 2.62 bits per heavy atom. The fourth-order valence-corrected chi connectivity index (χ4v) is 1.62. The Balaban J connectivity index is 3.29. The van der Waals surface area contributed by atoms with Gasteiger partial charge in [0.25, 0.3) is 0 Å². The smallest absolute Gasteiger partial charge is 0.0474 e. The average molecular weight is 208 g/mol. The molecule has 0 aliphatic rings. The van der Waals surface area contributed by atoms with E-state index < -0.39 is 0 Å². The van der Waals surface area contributed by atoms with Gasteiger partial charge in [0.15, 0.2) is 0 Å². The topological polar surface area (TPSA) is 21.3 Å². The second kappa shape index (κ2) is 7.60. The number of ether oxygens (including phenoxy) is 1. The molecule has 0 aromatic heterocycles. The van der Waals surface area contributed by atoms with Crippen molar-refractivity contribution < 1.29 is 4.74 Å². The van der Waals surface area contributed by atoms with Crippen LogP contribution in [0, 0.1) is 5.41 Å². The van der Waals surface area contributed by atoms with Crippen LogP contribution in [0.1, 0.15) is 26.7 Å². The molecule has 0 heterocycles. The lowest BCUT2D eigenvalue weighted by atomic mass is 9.90. The molecule has 0 aliphatic heterocycles. The van der Waals surface area contributed by atoms with Crippen LogP contribution < -0.4 is 5.32 Å². The van der Waals surface area contributed by atoms with Crippen molar-refractivity contribution in [3.8, 4) is 0 Å². The van der Waals surface area contributed by atoms with Crippen molar-refractivity contribution in [3.63, 3.8) is 0 Å². The molecule has 1 N–H and O–H groups in total. The first-order valence-electron chi connectivity index (χ1n) is 4.88. The highest BCUT2D eigenvalue weighted by atomic mass is 35.5. The summed E-state index contributed by atoms with van der Waals surface area (Å²) in [4.78, 5) is 0. The van der Waals surface area contributed by atoms with Crippen molar-refractivity contribution in [2.45, 2.75) is 26.7 Å². The first kappa shape index (κ1) is 13.2. The highest BCUT2D eigenvalue weighted by Gasteiger charge is 2.15. The van der Waals surface area contributed by atoms with Crippen LogP contribution >= 0.6 is 11.6 Å². The number of halogens is 1. The molecule has 0 saturated heterocycles. The Morgan fingerprint density at radius 2 is 2.08 bits per heavy atom. The van der Waals surface area contributed by atoms with Crippen molar-refractivity contribution in [1.29, 1.82) is 0 Å². The van der Waals surface area contributed by atoms with Crippen LogP contribution in [0.2, 0.25) is 0 Å². The number of hydrogen-bond acceptors (Lipinski definition) is 2. The Morgan fingerprint density at radius 1 is 1.38 bits per heavy atom. The fraction of sp³-hybridized carbons (Fsp3) is 1.00. The van der Waals surface area contributed by atoms with Crippen LogP contribution in [-0.4, -0.2) is 32.7 Å². The second-order valence-corrected chi connectivity index (χ2v) is 4.50. The number of nitrogens with one attached hydrogen (secondary N) is 1. The van der Waals surface area contributed by atoms with Crippen LogP contribution in [0.4, 0.5) is 0 Å². The summed E-state index contributed by atoms with van der Waals surface area (Å²) in [7, 11) is 1.73. The minimum absolute atomic E-state index is 0.314. The maximum Gasteiger partial charge on any atom is 0.0474 e. The summed E-state index contributed by atoms with van der Waals surface area (Å²) in [5.41, 5.74) is 0.314. The molecule has 0 aromatic rings. The highest BCUT2D eigenvalue weighted by Crippen LogP contribution is 2.19. The summed E-state index contributed by atoms with van der Waals surface area (Å²) in [5, 5.41) is 3.41. The van der Waals surface area contributed by atoms with Crippen LogP contribution in [0.3, 0.4) is 0 Å². The van der Waals surface area contributed by atoms with Gasteiger partial charge in [-0.1, -0.05) is 13.8 Å².